The SMILES string of the molecule is CCC(CCO)NC(=O)c1c(C)nn2cccnc12. The second-order valence-corrected chi connectivity index (χ2v) is 4.44. The predicted molar refractivity (Wildman–Crippen MR) is 71.0 cm³/mol. The van der Waals surface area contributed by atoms with E-state index in [-0.39, 0.29) is 18.6 Å². The van der Waals surface area contributed by atoms with Gasteiger partial charge in [-0.05, 0) is 25.8 Å². The molecule has 0 saturated carbocycles. The van der Waals surface area contributed by atoms with Crippen LogP contribution in [0.25, 0.3) is 5.65 Å². The van der Waals surface area contributed by atoms with Gasteiger partial charge in [0.25, 0.3) is 5.91 Å². The van der Waals surface area contributed by atoms with Crippen molar-refractivity contribution in [3.05, 3.63) is 29.7 Å². The van der Waals surface area contributed by atoms with Gasteiger partial charge in [-0.25, -0.2) is 9.50 Å². The highest BCUT2D eigenvalue weighted by atomic mass is 16.3. The second-order valence-electron chi connectivity index (χ2n) is 4.44. The van der Waals surface area contributed by atoms with Gasteiger partial charge in [-0.2, -0.15) is 5.10 Å². The van der Waals surface area contributed by atoms with Gasteiger partial charge in [-0.3, -0.25) is 4.79 Å². The average molecular weight is 262 g/mol. The van der Waals surface area contributed by atoms with E-state index in [0.29, 0.717) is 23.3 Å². The lowest BCUT2D eigenvalue weighted by Gasteiger charge is -2.15. The van der Waals surface area contributed by atoms with Crippen LogP contribution in [0, 0.1) is 6.92 Å². The van der Waals surface area contributed by atoms with E-state index >= 15 is 0 Å². The average Bonchev–Trinajstić information content (AvgIpc) is 2.73. The van der Waals surface area contributed by atoms with Crippen LogP contribution in [0.3, 0.4) is 0 Å². The normalized spacial score (nSPS) is 12.6. The zero-order valence-electron chi connectivity index (χ0n) is 11.1. The topological polar surface area (TPSA) is 79.5 Å². The maximum absolute atomic E-state index is 12.3. The van der Waals surface area contributed by atoms with Crippen molar-refractivity contribution < 1.29 is 9.90 Å². The number of nitrogens with zero attached hydrogens (tertiary/aromatic N) is 3. The lowest BCUT2D eigenvalue weighted by Crippen LogP contribution is -2.35. The van der Waals surface area contributed by atoms with Gasteiger partial charge in [0.1, 0.15) is 5.56 Å². The van der Waals surface area contributed by atoms with E-state index in [2.05, 4.69) is 15.4 Å². The molecule has 1 atom stereocenters. The molecule has 2 N–H and O–H groups in total. The molecule has 0 saturated heterocycles. The number of aromatic nitrogens is 3. The van der Waals surface area contributed by atoms with Crippen LogP contribution in [0.15, 0.2) is 18.5 Å². The van der Waals surface area contributed by atoms with Gasteiger partial charge in [0.15, 0.2) is 5.65 Å². The summed E-state index contributed by atoms with van der Waals surface area (Å²) in [6, 6.07) is 1.73. The molecule has 1 unspecified atom stereocenters. The molecule has 2 rings (SSSR count). The van der Waals surface area contributed by atoms with Gasteiger partial charge in [0, 0.05) is 25.0 Å². The summed E-state index contributed by atoms with van der Waals surface area (Å²) in [5.74, 6) is -0.188. The number of hydrogen-bond donors (Lipinski definition) is 2. The summed E-state index contributed by atoms with van der Waals surface area (Å²) in [5.41, 5.74) is 1.70. The molecule has 6 nitrogen and oxygen atoms in total. The number of amides is 1. The van der Waals surface area contributed by atoms with Crippen LogP contribution >= 0.6 is 0 Å². The maximum Gasteiger partial charge on any atom is 0.257 e. The molecule has 0 aliphatic rings. The number of hydrogen-bond acceptors (Lipinski definition) is 4. The molecular weight excluding hydrogens is 244 g/mol. The minimum Gasteiger partial charge on any atom is -0.396 e. The number of aliphatic hydroxyl groups is 1. The largest absolute Gasteiger partial charge is 0.396 e. The molecule has 2 aromatic rings. The van der Waals surface area contributed by atoms with Gasteiger partial charge in [-0.1, -0.05) is 6.92 Å². The zero-order valence-corrected chi connectivity index (χ0v) is 11.1. The summed E-state index contributed by atoms with van der Waals surface area (Å²) >= 11 is 0. The zero-order chi connectivity index (χ0) is 13.8. The van der Waals surface area contributed by atoms with Gasteiger partial charge >= 0.3 is 0 Å². The van der Waals surface area contributed by atoms with Crippen LogP contribution in [0.2, 0.25) is 0 Å². The summed E-state index contributed by atoms with van der Waals surface area (Å²) in [4.78, 5) is 16.5. The first kappa shape index (κ1) is 13.5. The lowest BCUT2D eigenvalue weighted by atomic mass is 10.1. The maximum atomic E-state index is 12.3. The summed E-state index contributed by atoms with van der Waals surface area (Å²) in [5, 5.41) is 16.1. The van der Waals surface area contributed by atoms with Crippen LogP contribution in [0.1, 0.15) is 35.8 Å². The Morgan fingerprint density at radius 1 is 1.58 bits per heavy atom. The molecule has 102 valence electrons. The van der Waals surface area contributed by atoms with Crippen molar-refractivity contribution >= 4 is 11.6 Å². The molecular formula is C13H18N4O2. The summed E-state index contributed by atoms with van der Waals surface area (Å²) in [6.45, 7) is 3.82. The van der Waals surface area contributed by atoms with Gasteiger partial charge < -0.3 is 10.4 Å². The molecule has 2 heterocycles. The molecule has 0 fully saturated rings. The first-order chi connectivity index (χ1) is 9.17. The molecule has 0 spiro atoms. The summed E-state index contributed by atoms with van der Waals surface area (Å²) < 4.78 is 1.59. The molecule has 0 radical (unpaired) electrons. The Kier molecular flexibility index (Phi) is 4.11. The quantitative estimate of drug-likeness (QED) is 0.840. The Hall–Kier alpha value is -1.95. The molecule has 0 aliphatic heterocycles. The molecule has 19 heavy (non-hydrogen) atoms. The predicted octanol–water partition coefficient (Wildman–Crippen LogP) is 0.929. The molecule has 6 heteroatoms. The van der Waals surface area contributed by atoms with E-state index in [4.69, 9.17) is 5.11 Å². The van der Waals surface area contributed by atoms with Crippen molar-refractivity contribution in [1.29, 1.82) is 0 Å². The Balaban J connectivity index is 2.28. The smallest absolute Gasteiger partial charge is 0.257 e. The highest BCUT2D eigenvalue weighted by Crippen LogP contribution is 2.13. The van der Waals surface area contributed by atoms with Crippen LogP contribution in [-0.4, -0.2) is 38.3 Å². The summed E-state index contributed by atoms with van der Waals surface area (Å²) in [6.07, 6.45) is 4.72. The van der Waals surface area contributed by atoms with Gasteiger partial charge in [0.05, 0.1) is 5.69 Å². The number of nitrogens with one attached hydrogen (secondary N) is 1. The first-order valence-electron chi connectivity index (χ1n) is 6.39. The Labute approximate surface area is 111 Å². The van der Waals surface area contributed by atoms with E-state index in [0.717, 1.165) is 6.42 Å². The van der Waals surface area contributed by atoms with Gasteiger partial charge in [-0.15, -0.1) is 0 Å². The minimum absolute atomic E-state index is 0.0319. The number of aryl methyl sites for hydroxylation is 1. The first-order valence-corrected chi connectivity index (χ1v) is 6.39. The van der Waals surface area contributed by atoms with Crippen molar-refractivity contribution in [2.24, 2.45) is 0 Å². The molecule has 1 amide bonds. The van der Waals surface area contributed by atoms with Crippen LogP contribution in [0.5, 0.6) is 0 Å². The van der Waals surface area contributed by atoms with Crippen molar-refractivity contribution in [3.63, 3.8) is 0 Å². The highest BCUT2D eigenvalue weighted by Gasteiger charge is 2.20. The lowest BCUT2D eigenvalue weighted by molar-refractivity contribution is 0.0930. The van der Waals surface area contributed by atoms with Crippen LogP contribution < -0.4 is 5.32 Å². The standard InChI is InChI=1S/C13H18N4O2/c1-3-10(5-8-18)15-13(19)11-9(2)16-17-7-4-6-14-12(11)17/h4,6-7,10,18H,3,5,8H2,1-2H3,(H,15,19). The fraction of sp³-hybridized carbons (Fsp3) is 0.462. The third-order valence-electron chi connectivity index (χ3n) is 3.10. The molecule has 0 aliphatic carbocycles. The van der Waals surface area contributed by atoms with Crippen molar-refractivity contribution in [2.75, 3.05) is 6.61 Å². The Morgan fingerprint density at radius 3 is 3.05 bits per heavy atom. The Morgan fingerprint density at radius 2 is 2.37 bits per heavy atom. The van der Waals surface area contributed by atoms with Gasteiger partial charge in [0.2, 0.25) is 0 Å². The Bertz CT molecular complexity index is 579. The van der Waals surface area contributed by atoms with Crippen molar-refractivity contribution in [1.82, 2.24) is 19.9 Å². The third kappa shape index (κ3) is 2.73. The van der Waals surface area contributed by atoms with E-state index in [1.165, 1.54) is 0 Å². The molecule has 0 aromatic carbocycles. The second kappa shape index (κ2) is 5.79. The van der Waals surface area contributed by atoms with E-state index in [9.17, 15) is 4.79 Å². The molecule has 2 aromatic heterocycles. The fourth-order valence-corrected chi connectivity index (χ4v) is 2.05. The number of carbonyl (C=O) groups is 1. The van der Waals surface area contributed by atoms with Crippen LogP contribution in [-0.2, 0) is 0 Å². The molecule has 0 bridgehead atoms. The monoisotopic (exact) mass is 262 g/mol. The number of rotatable bonds is 5. The summed E-state index contributed by atoms with van der Waals surface area (Å²) in [7, 11) is 0. The number of fused-ring (bicyclic) bond motifs is 1. The number of aliphatic hydroxyl groups excluding tert-OH is 1. The van der Waals surface area contributed by atoms with E-state index < -0.39 is 0 Å². The van der Waals surface area contributed by atoms with Crippen molar-refractivity contribution in [2.45, 2.75) is 32.7 Å². The third-order valence-corrected chi connectivity index (χ3v) is 3.10. The van der Waals surface area contributed by atoms with E-state index in [1.54, 1.807) is 29.9 Å². The minimum atomic E-state index is -0.188. The number of carbonyl (C=O) groups excluding carboxylic acids is 1. The van der Waals surface area contributed by atoms with Crippen LogP contribution in [0.4, 0.5) is 0 Å². The highest BCUT2D eigenvalue weighted by molar-refractivity contribution is 6.01. The van der Waals surface area contributed by atoms with Crippen molar-refractivity contribution in [3.8, 4) is 0 Å². The van der Waals surface area contributed by atoms with E-state index in [1.807, 2.05) is 6.92 Å². The fourth-order valence-electron chi connectivity index (χ4n) is 2.05.